The lowest BCUT2D eigenvalue weighted by Gasteiger charge is -2.23. The van der Waals surface area contributed by atoms with Gasteiger partial charge >= 0.3 is 5.97 Å². The first kappa shape index (κ1) is 23.6. The molecule has 0 bridgehead atoms. The van der Waals surface area contributed by atoms with E-state index in [9.17, 15) is 14.4 Å². The zero-order valence-electron chi connectivity index (χ0n) is 16.4. The lowest BCUT2D eigenvalue weighted by molar-refractivity contribution is -0.870. The fourth-order valence-electron chi connectivity index (χ4n) is 2.84. The number of nitrogens with zero attached hydrogens (tertiary/aromatic N) is 2. The Labute approximate surface area is 178 Å². The van der Waals surface area contributed by atoms with Crippen molar-refractivity contribution < 1.29 is 47.6 Å². The number of unbranched alkanes of at least 4 members (excludes halogenated alkanes) is 3. The Morgan fingerprint density at radius 1 is 0.963 bits per heavy atom. The summed E-state index contributed by atoms with van der Waals surface area (Å²) >= 11 is 0. The van der Waals surface area contributed by atoms with Crippen LogP contribution in [0.5, 0.6) is 0 Å². The van der Waals surface area contributed by atoms with Crippen molar-refractivity contribution in [3.05, 3.63) is 35.4 Å². The summed E-state index contributed by atoms with van der Waals surface area (Å²) in [6, 6.07) is 6.93. The van der Waals surface area contributed by atoms with Crippen molar-refractivity contribution in [3.63, 3.8) is 0 Å². The molecule has 1 aliphatic rings. The molecule has 2 amide bonds. The Bertz CT molecular complexity index is 635. The van der Waals surface area contributed by atoms with Gasteiger partial charge in [0, 0.05) is 13.0 Å². The highest BCUT2D eigenvalue weighted by atomic mass is 127. The number of esters is 1. The number of carbonyl (C=O) groups excluding carboxylic acids is 3. The van der Waals surface area contributed by atoms with Crippen molar-refractivity contribution in [1.29, 1.82) is 0 Å². The van der Waals surface area contributed by atoms with Gasteiger partial charge in [-0.1, -0.05) is 25.0 Å². The summed E-state index contributed by atoms with van der Waals surface area (Å²) in [6.07, 6.45) is 3.70. The number of hydrogen-bond donors (Lipinski definition) is 0. The Morgan fingerprint density at radius 3 is 2.07 bits per heavy atom. The number of halogens is 1. The molecule has 0 atom stereocenters. The van der Waals surface area contributed by atoms with E-state index in [1.807, 2.05) is 0 Å². The standard InChI is InChI=1S/C20H29N2O4.HI/c1-22(2,3)14-15-26-18(23)12-6-4-5-9-13-21-19(24)16-10-7-8-11-17(16)20(21)25;/h7-8,10-11H,4-6,9,12-15H2,1-3H3;1H/q+1;/p-1. The van der Waals surface area contributed by atoms with Crippen molar-refractivity contribution in [1.82, 2.24) is 4.90 Å². The number of amides is 2. The number of likely N-dealkylation sites (N-methyl/N-ethyl adjacent to an activating group) is 1. The van der Waals surface area contributed by atoms with Crippen molar-refractivity contribution in [2.24, 2.45) is 0 Å². The van der Waals surface area contributed by atoms with Crippen LogP contribution in [0.25, 0.3) is 0 Å². The predicted molar refractivity (Wildman–Crippen MR) is 98.8 cm³/mol. The topological polar surface area (TPSA) is 63.7 Å². The normalized spacial score (nSPS) is 13.4. The molecule has 0 aromatic heterocycles. The van der Waals surface area contributed by atoms with Crippen LogP contribution in [0, 0.1) is 0 Å². The van der Waals surface area contributed by atoms with Gasteiger partial charge in [-0.15, -0.1) is 0 Å². The smallest absolute Gasteiger partial charge is 0.305 e. The van der Waals surface area contributed by atoms with E-state index < -0.39 is 0 Å². The number of hydrogen-bond acceptors (Lipinski definition) is 4. The minimum Gasteiger partial charge on any atom is -1.00 e. The second kappa shape index (κ2) is 10.8. The number of ether oxygens (including phenoxy) is 1. The molecule has 2 rings (SSSR count). The SMILES string of the molecule is C[N+](C)(C)CCOC(=O)CCCCCCN1C(=O)c2ccccc2C1=O.[I-]. The molecule has 7 heteroatoms. The lowest BCUT2D eigenvalue weighted by atomic mass is 10.1. The number of rotatable bonds is 10. The minimum absolute atomic E-state index is 0. The second-order valence-corrected chi connectivity index (χ2v) is 7.71. The number of quaternary nitrogens is 1. The van der Waals surface area contributed by atoms with Gasteiger partial charge in [0.1, 0.15) is 13.2 Å². The molecule has 0 aliphatic carbocycles. The summed E-state index contributed by atoms with van der Waals surface area (Å²) < 4.78 is 5.99. The van der Waals surface area contributed by atoms with E-state index in [2.05, 4.69) is 21.1 Å². The fraction of sp³-hybridized carbons (Fsp3) is 0.550. The molecular weight excluding hydrogens is 459 g/mol. The maximum atomic E-state index is 12.2. The van der Waals surface area contributed by atoms with E-state index in [4.69, 9.17) is 4.74 Å². The molecule has 0 saturated carbocycles. The third-order valence-corrected chi connectivity index (χ3v) is 4.42. The van der Waals surface area contributed by atoms with Crippen molar-refractivity contribution in [3.8, 4) is 0 Å². The molecule has 27 heavy (non-hydrogen) atoms. The number of carbonyl (C=O) groups is 3. The van der Waals surface area contributed by atoms with E-state index in [0.29, 0.717) is 30.7 Å². The summed E-state index contributed by atoms with van der Waals surface area (Å²) in [5.74, 6) is -0.559. The molecule has 0 radical (unpaired) electrons. The van der Waals surface area contributed by atoms with Crippen LogP contribution in [0.2, 0.25) is 0 Å². The number of benzene rings is 1. The van der Waals surface area contributed by atoms with Gasteiger partial charge in [-0.3, -0.25) is 19.3 Å². The van der Waals surface area contributed by atoms with Crippen LogP contribution in [0.15, 0.2) is 24.3 Å². The highest BCUT2D eigenvalue weighted by molar-refractivity contribution is 6.21. The van der Waals surface area contributed by atoms with E-state index in [-0.39, 0.29) is 41.8 Å². The van der Waals surface area contributed by atoms with Crippen LogP contribution in [-0.4, -0.2) is 68.0 Å². The molecule has 6 nitrogen and oxygen atoms in total. The van der Waals surface area contributed by atoms with Gasteiger partial charge in [0.05, 0.1) is 32.3 Å². The average Bonchev–Trinajstić information content (AvgIpc) is 2.82. The summed E-state index contributed by atoms with van der Waals surface area (Å²) in [6.45, 7) is 1.67. The molecule has 150 valence electrons. The fourth-order valence-corrected chi connectivity index (χ4v) is 2.84. The van der Waals surface area contributed by atoms with Crippen LogP contribution in [0.1, 0.15) is 52.8 Å². The van der Waals surface area contributed by atoms with Crippen molar-refractivity contribution in [2.45, 2.75) is 32.1 Å². The molecule has 1 aliphatic heterocycles. The second-order valence-electron chi connectivity index (χ2n) is 7.71. The first-order valence-electron chi connectivity index (χ1n) is 9.21. The summed E-state index contributed by atoms with van der Waals surface area (Å²) in [5, 5.41) is 0. The van der Waals surface area contributed by atoms with Crippen LogP contribution in [-0.2, 0) is 9.53 Å². The quantitative estimate of drug-likeness (QED) is 0.146. The van der Waals surface area contributed by atoms with Gasteiger partial charge in [-0.05, 0) is 25.0 Å². The molecular formula is C20H29IN2O4. The first-order chi connectivity index (χ1) is 12.3. The Morgan fingerprint density at radius 2 is 1.52 bits per heavy atom. The van der Waals surface area contributed by atoms with Crippen LogP contribution in [0.4, 0.5) is 0 Å². The molecule has 0 N–H and O–H groups in total. The summed E-state index contributed by atoms with van der Waals surface area (Å²) in [4.78, 5) is 37.4. The zero-order valence-corrected chi connectivity index (χ0v) is 18.5. The zero-order chi connectivity index (χ0) is 19.2. The third kappa shape index (κ3) is 7.21. The molecule has 1 aromatic rings. The summed E-state index contributed by atoms with van der Waals surface area (Å²) in [7, 11) is 6.17. The average molecular weight is 488 g/mol. The van der Waals surface area contributed by atoms with E-state index in [1.165, 1.54) is 4.90 Å². The van der Waals surface area contributed by atoms with Gasteiger partial charge in [0.25, 0.3) is 11.8 Å². The molecule has 1 aromatic carbocycles. The third-order valence-electron chi connectivity index (χ3n) is 4.42. The van der Waals surface area contributed by atoms with Crippen LogP contribution in [0.3, 0.4) is 0 Å². The van der Waals surface area contributed by atoms with Gasteiger partial charge < -0.3 is 33.2 Å². The Hall–Kier alpha value is -1.48. The highest BCUT2D eigenvalue weighted by Gasteiger charge is 2.34. The molecule has 1 heterocycles. The minimum atomic E-state index is -0.202. The molecule has 0 saturated heterocycles. The largest absolute Gasteiger partial charge is 1.00 e. The van der Waals surface area contributed by atoms with Gasteiger partial charge in [0.15, 0.2) is 0 Å². The van der Waals surface area contributed by atoms with Crippen molar-refractivity contribution >= 4 is 17.8 Å². The number of imide groups is 1. The lowest BCUT2D eigenvalue weighted by Crippen LogP contribution is -3.00. The number of fused-ring (bicyclic) bond motifs is 1. The maximum Gasteiger partial charge on any atom is 0.305 e. The van der Waals surface area contributed by atoms with Crippen LogP contribution < -0.4 is 24.0 Å². The first-order valence-corrected chi connectivity index (χ1v) is 9.21. The van der Waals surface area contributed by atoms with Crippen molar-refractivity contribution in [2.75, 3.05) is 40.8 Å². The maximum absolute atomic E-state index is 12.2. The van der Waals surface area contributed by atoms with Crippen LogP contribution >= 0.6 is 0 Å². The molecule has 0 unspecified atom stereocenters. The van der Waals surface area contributed by atoms with E-state index in [0.717, 1.165) is 36.7 Å². The molecule has 0 fully saturated rings. The summed E-state index contributed by atoms with van der Waals surface area (Å²) in [5.41, 5.74) is 0.989. The Kier molecular flexibility index (Phi) is 9.38. The van der Waals surface area contributed by atoms with E-state index in [1.54, 1.807) is 24.3 Å². The monoisotopic (exact) mass is 488 g/mol. The van der Waals surface area contributed by atoms with Gasteiger partial charge in [0.2, 0.25) is 0 Å². The highest BCUT2D eigenvalue weighted by Crippen LogP contribution is 2.22. The van der Waals surface area contributed by atoms with E-state index >= 15 is 0 Å². The Balaban J connectivity index is 0.00000364. The van der Waals surface area contributed by atoms with Gasteiger partial charge in [-0.2, -0.15) is 0 Å². The predicted octanol–water partition coefficient (Wildman–Crippen LogP) is -0.513. The van der Waals surface area contributed by atoms with Gasteiger partial charge in [-0.25, -0.2) is 0 Å². The molecule has 0 spiro atoms.